The fourth-order valence-electron chi connectivity index (χ4n) is 2.57. The predicted molar refractivity (Wildman–Crippen MR) is 112 cm³/mol. The Morgan fingerprint density at radius 3 is 2.42 bits per heavy atom. The smallest absolute Gasteiger partial charge is 0.254 e. The summed E-state index contributed by atoms with van der Waals surface area (Å²) in [4.78, 5) is 13.5. The van der Waals surface area contributed by atoms with E-state index in [-0.39, 0.29) is 5.56 Å². The lowest BCUT2D eigenvalue weighted by Crippen LogP contribution is -2.22. The molecular weight excluding hydrogens is 366 g/mol. The molecule has 0 unspecified atom stereocenters. The standard InChI is InChI=1S/C20H20ClN3OS/c1-13-9-10-17(16(21)11-13)22-19-18(12-14(2)20(25)24(19)3)23-26-15-7-5-4-6-8-15/h4-12,22-23H,1-3H3. The van der Waals surface area contributed by atoms with Gasteiger partial charge in [-0.15, -0.1) is 0 Å². The summed E-state index contributed by atoms with van der Waals surface area (Å²) in [5, 5.41) is 3.91. The molecule has 0 aliphatic heterocycles. The molecule has 4 nitrogen and oxygen atoms in total. The van der Waals surface area contributed by atoms with Crippen LogP contribution in [0.3, 0.4) is 0 Å². The SMILES string of the molecule is Cc1ccc(Nc2c(NSc3ccccc3)cc(C)c(=O)n2C)c(Cl)c1. The number of pyridine rings is 1. The van der Waals surface area contributed by atoms with Crippen molar-refractivity contribution in [2.24, 2.45) is 7.05 Å². The first kappa shape index (κ1) is 18.4. The molecule has 0 atom stereocenters. The summed E-state index contributed by atoms with van der Waals surface area (Å²) < 4.78 is 4.94. The Bertz CT molecular complexity index is 986. The number of hydrogen-bond donors (Lipinski definition) is 2. The van der Waals surface area contributed by atoms with Gasteiger partial charge in [0, 0.05) is 17.5 Å². The van der Waals surface area contributed by atoms with Crippen LogP contribution in [0.5, 0.6) is 0 Å². The van der Waals surface area contributed by atoms with Gasteiger partial charge in [0.05, 0.1) is 16.4 Å². The summed E-state index contributed by atoms with van der Waals surface area (Å²) >= 11 is 7.84. The maximum absolute atomic E-state index is 12.4. The minimum Gasteiger partial charge on any atom is -0.339 e. The molecule has 1 aromatic heterocycles. The highest BCUT2D eigenvalue weighted by Gasteiger charge is 2.13. The maximum Gasteiger partial charge on any atom is 0.254 e. The molecule has 0 aliphatic carbocycles. The maximum atomic E-state index is 12.4. The molecule has 0 saturated carbocycles. The zero-order chi connectivity index (χ0) is 18.7. The second-order valence-corrected chi connectivity index (χ2v) is 7.37. The Balaban J connectivity index is 1.96. The van der Waals surface area contributed by atoms with Crippen molar-refractivity contribution in [3.8, 4) is 0 Å². The van der Waals surface area contributed by atoms with E-state index in [4.69, 9.17) is 11.6 Å². The van der Waals surface area contributed by atoms with E-state index in [1.165, 1.54) is 11.9 Å². The van der Waals surface area contributed by atoms with Crippen molar-refractivity contribution in [1.29, 1.82) is 0 Å². The van der Waals surface area contributed by atoms with Gasteiger partial charge in [-0.2, -0.15) is 0 Å². The molecule has 134 valence electrons. The van der Waals surface area contributed by atoms with Gasteiger partial charge in [0.1, 0.15) is 5.82 Å². The van der Waals surface area contributed by atoms with Crippen LogP contribution in [0.25, 0.3) is 0 Å². The number of anilines is 3. The van der Waals surface area contributed by atoms with Crippen molar-refractivity contribution in [3.05, 3.63) is 81.1 Å². The van der Waals surface area contributed by atoms with Gasteiger partial charge in [-0.3, -0.25) is 9.36 Å². The zero-order valence-electron chi connectivity index (χ0n) is 14.8. The second kappa shape index (κ2) is 7.89. The average molecular weight is 386 g/mol. The van der Waals surface area contributed by atoms with E-state index in [1.807, 2.05) is 68.4 Å². The number of nitrogens with zero attached hydrogens (tertiary/aromatic N) is 1. The Labute approximate surface area is 162 Å². The highest BCUT2D eigenvalue weighted by molar-refractivity contribution is 8.00. The van der Waals surface area contributed by atoms with Crippen molar-refractivity contribution in [2.45, 2.75) is 18.7 Å². The summed E-state index contributed by atoms with van der Waals surface area (Å²) in [6.45, 7) is 3.80. The Morgan fingerprint density at radius 2 is 1.73 bits per heavy atom. The summed E-state index contributed by atoms with van der Waals surface area (Å²) in [5.41, 5.74) is 3.27. The average Bonchev–Trinajstić information content (AvgIpc) is 2.63. The van der Waals surface area contributed by atoms with Crippen LogP contribution in [0.2, 0.25) is 5.02 Å². The number of benzene rings is 2. The molecule has 2 aromatic carbocycles. The van der Waals surface area contributed by atoms with E-state index < -0.39 is 0 Å². The van der Waals surface area contributed by atoms with Crippen molar-refractivity contribution in [3.63, 3.8) is 0 Å². The van der Waals surface area contributed by atoms with Crippen molar-refractivity contribution in [2.75, 3.05) is 10.0 Å². The number of nitrogens with one attached hydrogen (secondary N) is 2. The van der Waals surface area contributed by atoms with E-state index in [0.29, 0.717) is 16.4 Å². The molecule has 26 heavy (non-hydrogen) atoms. The molecule has 3 aromatic rings. The first-order valence-electron chi connectivity index (χ1n) is 8.17. The lowest BCUT2D eigenvalue weighted by Gasteiger charge is -2.18. The van der Waals surface area contributed by atoms with E-state index in [1.54, 1.807) is 11.6 Å². The van der Waals surface area contributed by atoms with Gasteiger partial charge in [-0.25, -0.2) is 0 Å². The van der Waals surface area contributed by atoms with E-state index >= 15 is 0 Å². The third-order valence-corrected chi connectivity index (χ3v) is 5.14. The van der Waals surface area contributed by atoms with Crippen molar-refractivity contribution in [1.82, 2.24) is 4.57 Å². The Kier molecular flexibility index (Phi) is 5.59. The highest BCUT2D eigenvalue weighted by atomic mass is 35.5. The van der Waals surface area contributed by atoms with E-state index in [9.17, 15) is 4.79 Å². The topological polar surface area (TPSA) is 46.1 Å². The highest BCUT2D eigenvalue weighted by Crippen LogP contribution is 2.32. The van der Waals surface area contributed by atoms with Gasteiger partial charge in [0.2, 0.25) is 0 Å². The van der Waals surface area contributed by atoms with Crippen LogP contribution < -0.4 is 15.6 Å². The predicted octanol–water partition coefficient (Wildman–Crippen LogP) is 5.52. The van der Waals surface area contributed by atoms with Crippen molar-refractivity contribution < 1.29 is 0 Å². The van der Waals surface area contributed by atoms with Crippen LogP contribution in [-0.2, 0) is 7.05 Å². The molecule has 0 amide bonds. The third kappa shape index (κ3) is 4.06. The van der Waals surface area contributed by atoms with Gasteiger partial charge in [0.25, 0.3) is 5.56 Å². The number of halogens is 1. The van der Waals surface area contributed by atoms with Gasteiger partial charge in [0.15, 0.2) is 0 Å². The molecule has 2 N–H and O–H groups in total. The van der Waals surface area contributed by atoms with Crippen LogP contribution in [0, 0.1) is 13.8 Å². The lowest BCUT2D eigenvalue weighted by molar-refractivity contribution is 0.861. The largest absolute Gasteiger partial charge is 0.339 e. The summed E-state index contributed by atoms with van der Waals surface area (Å²) in [7, 11) is 1.75. The fourth-order valence-corrected chi connectivity index (χ4v) is 3.53. The lowest BCUT2D eigenvalue weighted by atomic mass is 10.2. The molecule has 3 rings (SSSR count). The Morgan fingerprint density at radius 1 is 1.00 bits per heavy atom. The molecule has 0 fully saturated rings. The molecule has 0 aliphatic rings. The summed E-state index contributed by atoms with van der Waals surface area (Å²) in [6.07, 6.45) is 0. The molecular formula is C20H20ClN3OS. The summed E-state index contributed by atoms with van der Waals surface area (Å²) in [6, 6.07) is 17.6. The monoisotopic (exact) mass is 385 g/mol. The fraction of sp³-hybridized carbons (Fsp3) is 0.150. The third-order valence-electron chi connectivity index (χ3n) is 3.99. The quantitative estimate of drug-likeness (QED) is 0.568. The van der Waals surface area contributed by atoms with Gasteiger partial charge < -0.3 is 10.0 Å². The van der Waals surface area contributed by atoms with E-state index in [0.717, 1.165) is 21.8 Å². The first-order valence-corrected chi connectivity index (χ1v) is 9.37. The van der Waals surface area contributed by atoms with E-state index in [2.05, 4.69) is 10.0 Å². The summed E-state index contributed by atoms with van der Waals surface area (Å²) in [5.74, 6) is 0.662. The number of hydrogen-bond acceptors (Lipinski definition) is 4. The van der Waals surface area contributed by atoms with Crippen molar-refractivity contribution >= 4 is 40.7 Å². The van der Waals surface area contributed by atoms with Crippen LogP contribution >= 0.6 is 23.5 Å². The molecule has 0 spiro atoms. The molecule has 6 heteroatoms. The van der Waals surface area contributed by atoms with Gasteiger partial charge >= 0.3 is 0 Å². The minimum atomic E-state index is -0.0500. The molecule has 0 radical (unpaired) electrons. The Hall–Kier alpha value is -2.37. The molecule has 1 heterocycles. The molecule has 0 bridgehead atoms. The van der Waals surface area contributed by atoms with Crippen LogP contribution in [-0.4, -0.2) is 4.57 Å². The normalized spacial score (nSPS) is 10.6. The number of aromatic nitrogens is 1. The molecule has 0 saturated heterocycles. The van der Waals surface area contributed by atoms with Crippen LogP contribution in [0.15, 0.2) is 64.3 Å². The van der Waals surface area contributed by atoms with Gasteiger partial charge in [-0.05, 0) is 61.7 Å². The minimum absolute atomic E-state index is 0.0500. The first-order chi connectivity index (χ1) is 12.5. The number of aryl methyl sites for hydroxylation is 2. The van der Waals surface area contributed by atoms with Crippen LogP contribution in [0.1, 0.15) is 11.1 Å². The second-order valence-electron chi connectivity index (χ2n) is 6.08. The number of rotatable bonds is 5. The van der Waals surface area contributed by atoms with Gasteiger partial charge in [-0.1, -0.05) is 35.9 Å². The van der Waals surface area contributed by atoms with Crippen LogP contribution in [0.4, 0.5) is 17.2 Å². The zero-order valence-corrected chi connectivity index (χ0v) is 16.4.